The van der Waals surface area contributed by atoms with E-state index < -0.39 is 17.6 Å². The van der Waals surface area contributed by atoms with Gasteiger partial charge in [0.2, 0.25) is 5.88 Å². The zero-order valence-electron chi connectivity index (χ0n) is 21.9. The maximum atomic E-state index is 15.3. The Bertz CT molecular complexity index is 1690. The van der Waals surface area contributed by atoms with E-state index in [1.54, 1.807) is 42.1 Å². The number of rotatable bonds is 10. The zero-order chi connectivity index (χ0) is 28.2. The van der Waals surface area contributed by atoms with Crippen molar-refractivity contribution in [2.24, 2.45) is 0 Å². The van der Waals surface area contributed by atoms with E-state index in [1.165, 1.54) is 12.1 Å². The van der Waals surface area contributed by atoms with Crippen LogP contribution in [0.2, 0.25) is 0 Å². The summed E-state index contributed by atoms with van der Waals surface area (Å²) in [7, 11) is 1.54. The molecule has 0 saturated heterocycles. The number of aromatic nitrogens is 4. The predicted molar refractivity (Wildman–Crippen MR) is 144 cm³/mol. The van der Waals surface area contributed by atoms with Gasteiger partial charge in [-0.3, -0.25) is 4.98 Å². The highest BCUT2D eigenvalue weighted by molar-refractivity contribution is 5.92. The largest absolute Gasteiger partial charge is 0.478 e. The van der Waals surface area contributed by atoms with Crippen LogP contribution in [-0.2, 0) is 24.3 Å². The molecule has 0 radical (unpaired) electrons. The number of carbonyl (C=O) groups is 1. The van der Waals surface area contributed by atoms with Crippen molar-refractivity contribution in [1.82, 2.24) is 19.5 Å². The average molecular weight is 545 g/mol. The van der Waals surface area contributed by atoms with E-state index in [0.29, 0.717) is 30.0 Å². The summed E-state index contributed by atoms with van der Waals surface area (Å²) >= 11 is 0. The van der Waals surface area contributed by atoms with E-state index in [0.717, 1.165) is 23.4 Å². The van der Waals surface area contributed by atoms with E-state index in [2.05, 4.69) is 15.0 Å². The minimum absolute atomic E-state index is 0.000790. The smallest absolute Gasteiger partial charge is 0.335 e. The van der Waals surface area contributed by atoms with Crippen molar-refractivity contribution in [3.05, 3.63) is 107 Å². The normalized spacial score (nSPS) is 11.2. The van der Waals surface area contributed by atoms with Crippen LogP contribution in [0.1, 0.15) is 33.0 Å². The number of nitrogens with zero attached hydrogens (tertiary/aromatic N) is 4. The van der Waals surface area contributed by atoms with E-state index in [1.807, 2.05) is 19.1 Å². The maximum Gasteiger partial charge on any atom is 0.335 e. The second kappa shape index (κ2) is 11.6. The number of carboxylic acids is 1. The molecule has 1 N–H and O–H groups in total. The zero-order valence-corrected chi connectivity index (χ0v) is 21.9. The van der Waals surface area contributed by atoms with E-state index in [4.69, 9.17) is 9.47 Å². The van der Waals surface area contributed by atoms with Gasteiger partial charge in [0.05, 0.1) is 34.6 Å². The van der Waals surface area contributed by atoms with Crippen LogP contribution in [0.25, 0.3) is 22.3 Å². The first-order valence-electron chi connectivity index (χ1n) is 12.5. The Morgan fingerprint density at radius 3 is 2.62 bits per heavy atom. The Morgan fingerprint density at radius 2 is 1.88 bits per heavy atom. The lowest BCUT2D eigenvalue weighted by Crippen LogP contribution is -2.10. The number of benzene rings is 2. The van der Waals surface area contributed by atoms with Crippen LogP contribution in [0.3, 0.4) is 0 Å². The summed E-state index contributed by atoms with van der Waals surface area (Å²) in [6.07, 6.45) is 1.73. The Labute approximate surface area is 228 Å². The van der Waals surface area contributed by atoms with Crippen LogP contribution in [0.15, 0.2) is 66.9 Å². The fourth-order valence-electron chi connectivity index (χ4n) is 4.34. The van der Waals surface area contributed by atoms with Crippen LogP contribution in [0.4, 0.5) is 8.78 Å². The van der Waals surface area contributed by atoms with Crippen molar-refractivity contribution in [2.75, 3.05) is 13.7 Å². The number of carboxylic acid groups (broad SMARTS) is 1. The molecule has 10 heteroatoms. The number of aryl methyl sites for hydroxylation is 1. The van der Waals surface area contributed by atoms with Gasteiger partial charge in [-0.2, -0.15) is 0 Å². The molecule has 204 valence electrons. The highest BCUT2D eigenvalue weighted by Crippen LogP contribution is 2.28. The Morgan fingerprint density at radius 1 is 1.02 bits per heavy atom. The maximum absolute atomic E-state index is 15.3. The standard InChI is InChI=1S/C30H26F2N4O4/c1-18-6-8-21(33-16-18)17-40-29-5-3-4-25(35-29)22-15-23(31)20(12-24(22)32)14-28-34-26-9-7-19(30(37)38)13-27(26)36(28)10-11-39-2/h3-9,12-13,15-16H,10-11,14,17H2,1-2H3,(H,37,38). The van der Waals surface area contributed by atoms with Gasteiger partial charge in [0.1, 0.15) is 24.1 Å². The number of pyridine rings is 2. The summed E-state index contributed by atoms with van der Waals surface area (Å²) in [5, 5.41) is 9.39. The molecule has 3 aromatic heterocycles. The van der Waals surface area contributed by atoms with Gasteiger partial charge in [-0.25, -0.2) is 23.5 Å². The van der Waals surface area contributed by atoms with Gasteiger partial charge in [0.15, 0.2) is 0 Å². The van der Waals surface area contributed by atoms with Gasteiger partial charge in [-0.15, -0.1) is 0 Å². The molecular formula is C30H26F2N4O4. The molecule has 5 aromatic rings. The van der Waals surface area contributed by atoms with Crippen molar-refractivity contribution >= 4 is 17.0 Å². The third-order valence-corrected chi connectivity index (χ3v) is 6.42. The minimum atomic E-state index is -1.07. The van der Waals surface area contributed by atoms with Crippen LogP contribution in [0.5, 0.6) is 5.88 Å². The van der Waals surface area contributed by atoms with Gasteiger partial charge >= 0.3 is 5.97 Å². The molecule has 0 fully saturated rings. The molecule has 0 saturated carbocycles. The van der Waals surface area contributed by atoms with Crippen LogP contribution in [-0.4, -0.2) is 44.3 Å². The third-order valence-electron chi connectivity index (χ3n) is 6.42. The number of ether oxygens (including phenoxy) is 2. The molecule has 0 aliphatic carbocycles. The lowest BCUT2D eigenvalue weighted by Gasteiger charge is -2.12. The van der Waals surface area contributed by atoms with Crippen molar-refractivity contribution in [2.45, 2.75) is 26.5 Å². The second-order valence-corrected chi connectivity index (χ2v) is 9.26. The number of imidazole rings is 1. The highest BCUT2D eigenvalue weighted by atomic mass is 19.1. The average Bonchev–Trinajstić information content (AvgIpc) is 3.29. The monoisotopic (exact) mass is 544 g/mol. The number of hydrogen-bond donors (Lipinski definition) is 1. The van der Waals surface area contributed by atoms with Crippen molar-refractivity contribution in [3.8, 4) is 17.1 Å². The molecule has 0 bridgehead atoms. The minimum Gasteiger partial charge on any atom is -0.478 e. The Balaban J connectivity index is 1.41. The van der Waals surface area contributed by atoms with Crippen LogP contribution < -0.4 is 4.74 Å². The summed E-state index contributed by atoms with van der Waals surface area (Å²) in [6.45, 7) is 2.82. The topological polar surface area (TPSA) is 99.4 Å². The van der Waals surface area contributed by atoms with Gasteiger partial charge < -0.3 is 19.1 Å². The molecule has 0 aliphatic rings. The fraction of sp³-hybridized carbons (Fsp3) is 0.200. The lowest BCUT2D eigenvalue weighted by atomic mass is 10.0. The number of halogens is 2. The lowest BCUT2D eigenvalue weighted by molar-refractivity contribution is 0.0697. The van der Waals surface area contributed by atoms with Gasteiger partial charge in [-0.05, 0) is 60.5 Å². The number of hydrogen-bond acceptors (Lipinski definition) is 6. The SMILES string of the molecule is COCCn1c(Cc2cc(F)c(-c3cccc(OCc4ccc(C)cn4)n3)cc2F)nc2ccc(C(=O)O)cc21. The molecule has 0 aliphatic heterocycles. The van der Waals surface area contributed by atoms with E-state index >= 15 is 8.78 Å². The summed E-state index contributed by atoms with van der Waals surface area (Å²) < 4.78 is 43.3. The highest BCUT2D eigenvalue weighted by Gasteiger charge is 2.18. The summed E-state index contributed by atoms with van der Waals surface area (Å²) in [5.41, 5.74) is 3.31. The third kappa shape index (κ3) is 5.81. The second-order valence-electron chi connectivity index (χ2n) is 9.26. The molecule has 0 atom stereocenters. The molecule has 0 amide bonds. The number of methoxy groups -OCH3 is 1. The van der Waals surface area contributed by atoms with Crippen molar-refractivity contribution < 1.29 is 28.2 Å². The first-order chi connectivity index (χ1) is 19.3. The summed E-state index contributed by atoms with van der Waals surface area (Å²) in [6, 6.07) is 15.5. The number of aromatic carboxylic acids is 1. The van der Waals surface area contributed by atoms with Crippen LogP contribution >= 0.6 is 0 Å². The van der Waals surface area contributed by atoms with Gasteiger partial charge in [0.25, 0.3) is 0 Å². The van der Waals surface area contributed by atoms with Gasteiger partial charge in [0, 0.05) is 37.9 Å². The molecule has 3 heterocycles. The van der Waals surface area contributed by atoms with Crippen LogP contribution in [0, 0.1) is 18.6 Å². The van der Waals surface area contributed by atoms with Gasteiger partial charge in [-0.1, -0.05) is 12.1 Å². The molecule has 0 unspecified atom stereocenters. The van der Waals surface area contributed by atoms with Crippen molar-refractivity contribution in [1.29, 1.82) is 0 Å². The number of fused-ring (bicyclic) bond motifs is 1. The van der Waals surface area contributed by atoms with E-state index in [9.17, 15) is 9.90 Å². The molecule has 5 rings (SSSR count). The quantitative estimate of drug-likeness (QED) is 0.245. The predicted octanol–water partition coefficient (Wildman–Crippen LogP) is 5.59. The summed E-state index contributed by atoms with van der Waals surface area (Å²) in [5.74, 6) is -1.62. The molecular weight excluding hydrogens is 518 g/mol. The first kappa shape index (κ1) is 26.9. The Kier molecular flexibility index (Phi) is 7.79. The molecule has 8 nitrogen and oxygen atoms in total. The molecule has 0 spiro atoms. The fourth-order valence-corrected chi connectivity index (χ4v) is 4.34. The van der Waals surface area contributed by atoms with Crippen molar-refractivity contribution in [3.63, 3.8) is 0 Å². The first-order valence-corrected chi connectivity index (χ1v) is 12.5. The Hall–Kier alpha value is -4.70. The summed E-state index contributed by atoms with van der Waals surface area (Å²) in [4.78, 5) is 24.7. The van der Waals surface area contributed by atoms with E-state index in [-0.39, 0.29) is 41.3 Å². The molecule has 2 aromatic carbocycles. The molecule has 40 heavy (non-hydrogen) atoms.